The van der Waals surface area contributed by atoms with Crippen LogP contribution >= 0.6 is 0 Å². The minimum Gasteiger partial charge on any atom is -0.315 e. The zero-order valence-electron chi connectivity index (χ0n) is 10.5. The van der Waals surface area contributed by atoms with E-state index in [1.165, 1.54) is 0 Å². The van der Waals surface area contributed by atoms with Crippen molar-refractivity contribution < 1.29 is 9.59 Å². The van der Waals surface area contributed by atoms with Gasteiger partial charge >= 0.3 is 11.8 Å². The number of hydrogen-bond donors (Lipinski definition) is 1. The summed E-state index contributed by atoms with van der Waals surface area (Å²) < 4.78 is 0. The van der Waals surface area contributed by atoms with Gasteiger partial charge in [0.1, 0.15) is 0 Å². The minimum atomic E-state index is -0.775. The lowest BCUT2D eigenvalue weighted by molar-refractivity contribution is -0.138. The molecule has 97 valence electrons. The van der Waals surface area contributed by atoms with Crippen LogP contribution in [0, 0.1) is 0 Å². The standard InChI is InChI=1S/C16H11N2O2/c19-15-16(20)18-14(12-9-5-2-6-10-12)13(17-15)11-7-3-1-4-8-11/h1-10H,(H,17,19). The molecule has 1 radical (unpaired) electrons. The maximum Gasteiger partial charge on any atom is 0.335 e. The molecule has 3 rings (SSSR count). The van der Waals surface area contributed by atoms with Gasteiger partial charge in [-0.15, -0.1) is 0 Å². The van der Waals surface area contributed by atoms with Crippen molar-refractivity contribution in [3.05, 3.63) is 71.8 Å². The van der Waals surface area contributed by atoms with Crippen LogP contribution in [-0.2, 0) is 9.59 Å². The van der Waals surface area contributed by atoms with Gasteiger partial charge in [0.05, 0.1) is 11.4 Å². The molecule has 0 unspecified atom stereocenters. The number of carbonyl (C=O) groups excluding carboxylic acids is 2. The van der Waals surface area contributed by atoms with Crippen molar-refractivity contribution >= 4 is 23.2 Å². The summed E-state index contributed by atoms with van der Waals surface area (Å²) in [5.74, 6) is -1.48. The van der Waals surface area contributed by atoms with Crippen LogP contribution in [0.3, 0.4) is 0 Å². The molecular formula is C16H11N2O2. The van der Waals surface area contributed by atoms with Gasteiger partial charge in [0.25, 0.3) is 0 Å². The Morgan fingerprint density at radius 2 is 1.30 bits per heavy atom. The Hall–Kier alpha value is -2.88. The molecule has 0 saturated heterocycles. The lowest BCUT2D eigenvalue weighted by Crippen LogP contribution is -2.40. The molecule has 0 bridgehead atoms. The second-order valence-corrected chi connectivity index (χ2v) is 4.33. The van der Waals surface area contributed by atoms with E-state index in [4.69, 9.17) is 0 Å². The van der Waals surface area contributed by atoms with Crippen molar-refractivity contribution in [2.24, 2.45) is 0 Å². The largest absolute Gasteiger partial charge is 0.335 e. The van der Waals surface area contributed by atoms with E-state index in [-0.39, 0.29) is 0 Å². The van der Waals surface area contributed by atoms with Crippen molar-refractivity contribution in [2.75, 3.05) is 0 Å². The Kier molecular flexibility index (Phi) is 3.05. The molecule has 4 nitrogen and oxygen atoms in total. The van der Waals surface area contributed by atoms with Crippen molar-refractivity contribution in [3.63, 3.8) is 0 Å². The van der Waals surface area contributed by atoms with Crippen LogP contribution in [-0.4, -0.2) is 11.8 Å². The van der Waals surface area contributed by atoms with Crippen molar-refractivity contribution in [2.45, 2.75) is 0 Å². The highest BCUT2D eigenvalue weighted by molar-refractivity contribution is 6.40. The van der Waals surface area contributed by atoms with E-state index in [1.54, 1.807) is 0 Å². The van der Waals surface area contributed by atoms with Crippen LogP contribution in [0.25, 0.3) is 11.4 Å². The Bertz CT molecular complexity index is 629. The molecule has 2 aromatic carbocycles. The Balaban J connectivity index is 2.17. The topological polar surface area (TPSA) is 60.3 Å². The van der Waals surface area contributed by atoms with Crippen molar-refractivity contribution in [1.82, 2.24) is 10.6 Å². The van der Waals surface area contributed by atoms with Crippen LogP contribution in [0.4, 0.5) is 0 Å². The zero-order chi connectivity index (χ0) is 13.9. The lowest BCUT2D eigenvalue weighted by atomic mass is 10.0. The summed E-state index contributed by atoms with van der Waals surface area (Å²) in [4.78, 5) is 23.1. The second-order valence-electron chi connectivity index (χ2n) is 4.33. The van der Waals surface area contributed by atoms with Gasteiger partial charge < -0.3 is 5.32 Å². The molecule has 20 heavy (non-hydrogen) atoms. The SMILES string of the molecule is O=C1[N]C(c2ccccc2)=C(c2ccccc2)NC1=O. The molecule has 0 spiro atoms. The molecule has 2 aromatic rings. The normalized spacial score (nSPS) is 14.8. The number of nitrogens with zero attached hydrogens (tertiary/aromatic N) is 1. The van der Waals surface area contributed by atoms with E-state index in [0.717, 1.165) is 11.1 Å². The first-order valence-corrected chi connectivity index (χ1v) is 6.18. The maximum atomic E-state index is 11.6. The first kappa shape index (κ1) is 12.2. The summed E-state index contributed by atoms with van der Waals surface area (Å²) in [7, 11) is 0. The summed E-state index contributed by atoms with van der Waals surface area (Å²) in [6, 6.07) is 18.7. The molecule has 0 aliphatic carbocycles. The van der Waals surface area contributed by atoms with Gasteiger partial charge in [0.2, 0.25) is 0 Å². The second kappa shape index (κ2) is 5.01. The van der Waals surface area contributed by atoms with E-state index >= 15 is 0 Å². The minimum absolute atomic E-state index is 0.487. The number of benzene rings is 2. The van der Waals surface area contributed by atoms with Gasteiger partial charge in [-0.2, -0.15) is 0 Å². The third kappa shape index (κ3) is 2.19. The predicted octanol–water partition coefficient (Wildman–Crippen LogP) is 1.77. The third-order valence-electron chi connectivity index (χ3n) is 2.99. The molecule has 4 heteroatoms. The molecule has 0 aromatic heterocycles. The predicted molar refractivity (Wildman–Crippen MR) is 75.0 cm³/mol. The number of amides is 2. The average Bonchev–Trinajstić information content (AvgIpc) is 2.51. The molecular weight excluding hydrogens is 252 g/mol. The van der Waals surface area contributed by atoms with E-state index < -0.39 is 11.8 Å². The van der Waals surface area contributed by atoms with E-state index in [0.29, 0.717) is 11.4 Å². The molecule has 0 fully saturated rings. The van der Waals surface area contributed by atoms with Crippen molar-refractivity contribution in [1.29, 1.82) is 0 Å². The fourth-order valence-electron chi connectivity index (χ4n) is 2.05. The quantitative estimate of drug-likeness (QED) is 0.839. The Morgan fingerprint density at radius 3 is 1.90 bits per heavy atom. The lowest BCUT2D eigenvalue weighted by Gasteiger charge is -2.20. The first-order valence-electron chi connectivity index (χ1n) is 6.18. The summed E-state index contributed by atoms with van der Waals surface area (Å²) >= 11 is 0. The highest BCUT2D eigenvalue weighted by atomic mass is 16.2. The molecule has 0 atom stereocenters. The first-order chi connectivity index (χ1) is 9.75. The number of carbonyl (C=O) groups is 2. The van der Waals surface area contributed by atoms with E-state index in [2.05, 4.69) is 10.6 Å². The third-order valence-corrected chi connectivity index (χ3v) is 2.99. The summed E-state index contributed by atoms with van der Waals surface area (Å²) in [5.41, 5.74) is 2.65. The molecule has 1 aliphatic heterocycles. The van der Waals surface area contributed by atoms with E-state index in [1.807, 2.05) is 60.7 Å². The van der Waals surface area contributed by atoms with Gasteiger partial charge in [-0.3, -0.25) is 9.59 Å². The Morgan fingerprint density at radius 1 is 0.750 bits per heavy atom. The van der Waals surface area contributed by atoms with Gasteiger partial charge in [-0.05, 0) is 0 Å². The smallest absolute Gasteiger partial charge is 0.315 e. The van der Waals surface area contributed by atoms with Gasteiger partial charge in [0, 0.05) is 11.1 Å². The monoisotopic (exact) mass is 263 g/mol. The van der Waals surface area contributed by atoms with Gasteiger partial charge in [-0.25, -0.2) is 5.32 Å². The summed E-state index contributed by atoms with van der Waals surface area (Å²) in [5, 5.41) is 6.55. The van der Waals surface area contributed by atoms with Gasteiger partial charge in [-0.1, -0.05) is 60.7 Å². The highest BCUT2D eigenvalue weighted by Gasteiger charge is 2.28. The molecule has 1 aliphatic rings. The van der Waals surface area contributed by atoms with Crippen LogP contribution in [0.1, 0.15) is 11.1 Å². The van der Waals surface area contributed by atoms with Crippen LogP contribution < -0.4 is 10.6 Å². The van der Waals surface area contributed by atoms with Crippen LogP contribution in [0.5, 0.6) is 0 Å². The fourth-order valence-corrected chi connectivity index (χ4v) is 2.05. The van der Waals surface area contributed by atoms with Crippen LogP contribution in [0.15, 0.2) is 60.7 Å². The summed E-state index contributed by atoms with van der Waals surface area (Å²) in [6.07, 6.45) is 0. The molecule has 1 heterocycles. The van der Waals surface area contributed by atoms with Gasteiger partial charge in [0.15, 0.2) is 0 Å². The number of nitrogens with one attached hydrogen (secondary N) is 1. The fraction of sp³-hybridized carbons (Fsp3) is 0. The number of rotatable bonds is 2. The molecule has 1 N–H and O–H groups in total. The summed E-state index contributed by atoms with van der Waals surface area (Å²) in [6.45, 7) is 0. The number of hydrogen-bond acceptors (Lipinski definition) is 2. The molecule has 2 amide bonds. The van der Waals surface area contributed by atoms with Crippen LogP contribution in [0.2, 0.25) is 0 Å². The van der Waals surface area contributed by atoms with Crippen molar-refractivity contribution in [3.8, 4) is 0 Å². The van der Waals surface area contributed by atoms with E-state index in [9.17, 15) is 9.59 Å². The highest BCUT2D eigenvalue weighted by Crippen LogP contribution is 2.25. The zero-order valence-corrected chi connectivity index (χ0v) is 10.5. The average molecular weight is 263 g/mol. The Labute approximate surface area is 116 Å². The maximum absolute atomic E-state index is 11.6. The molecule has 0 saturated carbocycles.